The van der Waals surface area contributed by atoms with Gasteiger partial charge in [0.2, 0.25) is 11.1 Å². The SMILES string of the molecule is CSc1nnc(NC(C)=O)c(N)n1. The summed E-state index contributed by atoms with van der Waals surface area (Å²) in [5.41, 5.74) is 5.50. The van der Waals surface area contributed by atoms with Crippen LogP contribution in [0, 0.1) is 0 Å². The highest BCUT2D eigenvalue weighted by molar-refractivity contribution is 7.98. The molecule has 0 bridgehead atoms. The highest BCUT2D eigenvalue weighted by Gasteiger charge is 2.05. The van der Waals surface area contributed by atoms with E-state index in [1.807, 2.05) is 6.26 Å². The number of carbonyl (C=O) groups excluding carboxylic acids is 1. The fraction of sp³-hybridized carbons (Fsp3) is 0.333. The Balaban J connectivity index is 2.91. The number of hydrogen-bond donors (Lipinski definition) is 2. The first kappa shape index (κ1) is 9.72. The van der Waals surface area contributed by atoms with Crippen molar-refractivity contribution < 1.29 is 4.79 Å². The normalized spacial score (nSPS) is 9.69. The van der Waals surface area contributed by atoms with Crippen molar-refractivity contribution in [2.45, 2.75) is 12.1 Å². The summed E-state index contributed by atoms with van der Waals surface area (Å²) >= 11 is 1.33. The Labute approximate surface area is 79.3 Å². The molecule has 1 aromatic heterocycles. The zero-order chi connectivity index (χ0) is 9.84. The van der Waals surface area contributed by atoms with Crippen LogP contribution in [0.4, 0.5) is 11.6 Å². The molecule has 0 saturated carbocycles. The highest BCUT2D eigenvalue weighted by atomic mass is 32.2. The maximum atomic E-state index is 10.7. The van der Waals surface area contributed by atoms with E-state index >= 15 is 0 Å². The Morgan fingerprint density at radius 1 is 1.54 bits per heavy atom. The second kappa shape index (κ2) is 4.04. The van der Waals surface area contributed by atoms with E-state index in [0.29, 0.717) is 5.16 Å². The number of nitrogens with one attached hydrogen (secondary N) is 1. The van der Waals surface area contributed by atoms with Crippen molar-refractivity contribution in [1.29, 1.82) is 0 Å². The molecule has 0 aliphatic carbocycles. The number of carbonyl (C=O) groups is 1. The van der Waals surface area contributed by atoms with Crippen molar-refractivity contribution in [3.8, 4) is 0 Å². The lowest BCUT2D eigenvalue weighted by Gasteiger charge is -2.02. The molecule has 0 aliphatic rings. The molecule has 1 heterocycles. The smallest absolute Gasteiger partial charge is 0.222 e. The van der Waals surface area contributed by atoms with Gasteiger partial charge >= 0.3 is 0 Å². The van der Waals surface area contributed by atoms with E-state index in [0.717, 1.165) is 0 Å². The lowest BCUT2D eigenvalue weighted by molar-refractivity contribution is -0.114. The van der Waals surface area contributed by atoms with Crippen molar-refractivity contribution in [1.82, 2.24) is 15.2 Å². The van der Waals surface area contributed by atoms with Crippen LogP contribution in [0.5, 0.6) is 0 Å². The van der Waals surface area contributed by atoms with E-state index < -0.39 is 0 Å². The molecule has 70 valence electrons. The molecule has 1 aromatic rings. The monoisotopic (exact) mass is 199 g/mol. The molecule has 3 N–H and O–H groups in total. The third-order valence-electron chi connectivity index (χ3n) is 1.17. The summed E-state index contributed by atoms with van der Waals surface area (Å²) in [5.74, 6) is 0.125. The van der Waals surface area contributed by atoms with E-state index in [1.165, 1.54) is 18.7 Å². The molecule has 0 radical (unpaired) electrons. The van der Waals surface area contributed by atoms with Crippen LogP contribution in [0.1, 0.15) is 6.92 Å². The summed E-state index contributed by atoms with van der Waals surface area (Å²) in [6, 6.07) is 0. The molecular formula is C6H9N5OS. The lowest BCUT2D eigenvalue weighted by Crippen LogP contribution is -2.12. The number of rotatable bonds is 2. The molecule has 1 amide bonds. The quantitative estimate of drug-likeness (QED) is 0.658. The molecule has 0 spiro atoms. The molecule has 13 heavy (non-hydrogen) atoms. The van der Waals surface area contributed by atoms with E-state index in [-0.39, 0.29) is 17.5 Å². The molecule has 7 heteroatoms. The van der Waals surface area contributed by atoms with Crippen LogP contribution < -0.4 is 11.1 Å². The third-order valence-corrected chi connectivity index (χ3v) is 1.71. The number of nitrogen functional groups attached to an aromatic ring is 1. The van der Waals surface area contributed by atoms with Gasteiger partial charge in [0.25, 0.3) is 0 Å². The van der Waals surface area contributed by atoms with Crippen molar-refractivity contribution >= 4 is 29.3 Å². The van der Waals surface area contributed by atoms with Gasteiger partial charge in [-0.25, -0.2) is 4.98 Å². The van der Waals surface area contributed by atoms with Crippen LogP contribution >= 0.6 is 11.8 Å². The first-order chi connectivity index (χ1) is 6.13. The maximum absolute atomic E-state index is 10.7. The summed E-state index contributed by atoms with van der Waals surface area (Å²) in [4.78, 5) is 14.5. The average Bonchev–Trinajstić information content (AvgIpc) is 2.08. The third kappa shape index (κ3) is 2.55. The molecule has 0 unspecified atom stereocenters. The Hall–Kier alpha value is -1.37. The first-order valence-corrected chi connectivity index (χ1v) is 4.67. The topological polar surface area (TPSA) is 93.8 Å². The number of nitrogens with two attached hydrogens (primary N) is 1. The summed E-state index contributed by atoms with van der Waals surface area (Å²) in [6.07, 6.45) is 1.81. The van der Waals surface area contributed by atoms with Gasteiger partial charge in [-0.2, -0.15) is 0 Å². The van der Waals surface area contributed by atoms with Crippen LogP contribution in [-0.2, 0) is 4.79 Å². The second-order valence-electron chi connectivity index (χ2n) is 2.21. The number of aromatic nitrogens is 3. The molecule has 0 atom stereocenters. The molecule has 0 fully saturated rings. The predicted molar refractivity (Wildman–Crippen MR) is 50.3 cm³/mol. The second-order valence-corrected chi connectivity index (χ2v) is 2.99. The van der Waals surface area contributed by atoms with Crippen LogP contribution in [-0.4, -0.2) is 27.3 Å². The lowest BCUT2D eigenvalue weighted by atomic mass is 10.6. The number of amides is 1. The number of hydrogen-bond acceptors (Lipinski definition) is 6. The zero-order valence-corrected chi connectivity index (χ0v) is 8.05. The fourth-order valence-corrected chi connectivity index (χ4v) is 0.977. The number of anilines is 2. The van der Waals surface area contributed by atoms with E-state index in [1.54, 1.807) is 0 Å². The van der Waals surface area contributed by atoms with Gasteiger partial charge < -0.3 is 11.1 Å². The van der Waals surface area contributed by atoms with Crippen molar-refractivity contribution in [2.75, 3.05) is 17.3 Å². The van der Waals surface area contributed by atoms with Crippen LogP contribution in [0.2, 0.25) is 0 Å². The Bertz CT molecular complexity index is 329. The van der Waals surface area contributed by atoms with Crippen molar-refractivity contribution in [3.05, 3.63) is 0 Å². The maximum Gasteiger partial charge on any atom is 0.222 e. The van der Waals surface area contributed by atoms with E-state index in [2.05, 4.69) is 20.5 Å². The standard InChI is InChI=1S/C6H9N5OS/c1-3(12)8-5-4(7)9-6(13-2)11-10-5/h1-2H3,(H2,7,9,11)(H,8,10,12). The minimum absolute atomic E-state index is 0.176. The molecule has 0 aliphatic heterocycles. The van der Waals surface area contributed by atoms with Crippen LogP contribution in [0.3, 0.4) is 0 Å². The summed E-state index contributed by atoms with van der Waals surface area (Å²) in [6.45, 7) is 1.36. The molecule has 1 rings (SSSR count). The van der Waals surface area contributed by atoms with Crippen LogP contribution in [0.15, 0.2) is 5.16 Å². The molecule has 6 nitrogen and oxygen atoms in total. The largest absolute Gasteiger partial charge is 0.380 e. The Morgan fingerprint density at radius 2 is 2.23 bits per heavy atom. The summed E-state index contributed by atoms with van der Waals surface area (Å²) in [7, 11) is 0. The minimum Gasteiger partial charge on any atom is -0.380 e. The Kier molecular flexibility index (Phi) is 3.02. The van der Waals surface area contributed by atoms with Gasteiger partial charge in [-0.3, -0.25) is 4.79 Å². The van der Waals surface area contributed by atoms with Gasteiger partial charge in [0.1, 0.15) is 0 Å². The van der Waals surface area contributed by atoms with Gasteiger partial charge in [0, 0.05) is 6.92 Å². The Morgan fingerprint density at radius 3 is 2.69 bits per heavy atom. The minimum atomic E-state index is -0.250. The molecular weight excluding hydrogens is 190 g/mol. The van der Waals surface area contributed by atoms with Gasteiger partial charge in [0.05, 0.1) is 0 Å². The van der Waals surface area contributed by atoms with Gasteiger partial charge in [-0.15, -0.1) is 10.2 Å². The van der Waals surface area contributed by atoms with E-state index in [9.17, 15) is 4.79 Å². The van der Waals surface area contributed by atoms with Gasteiger partial charge in [-0.1, -0.05) is 11.8 Å². The highest BCUT2D eigenvalue weighted by Crippen LogP contribution is 2.14. The fourth-order valence-electron chi connectivity index (χ4n) is 0.665. The zero-order valence-electron chi connectivity index (χ0n) is 7.24. The number of thioether (sulfide) groups is 1. The first-order valence-electron chi connectivity index (χ1n) is 3.45. The number of nitrogens with zero attached hydrogens (tertiary/aromatic N) is 3. The predicted octanol–water partition coefficient (Wildman–Crippen LogP) is 0.134. The summed E-state index contributed by atoms with van der Waals surface area (Å²) in [5, 5.41) is 10.3. The van der Waals surface area contributed by atoms with Gasteiger partial charge in [0.15, 0.2) is 11.6 Å². The van der Waals surface area contributed by atoms with Crippen molar-refractivity contribution in [3.63, 3.8) is 0 Å². The summed E-state index contributed by atoms with van der Waals surface area (Å²) < 4.78 is 0. The van der Waals surface area contributed by atoms with E-state index in [4.69, 9.17) is 5.73 Å². The molecule has 0 saturated heterocycles. The van der Waals surface area contributed by atoms with Crippen molar-refractivity contribution in [2.24, 2.45) is 0 Å². The van der Waals surface area contributed by atoms with Gasteiger partial charge in [-0.05, 0) is 6.26 Å². The van der Waals surface area contributed by atoms with Crippen LogP contribution in [0.25, 0.3) is 0 Å². The average molecular weight is 199 g/mol. The molecule has 0 aromatic carbocycles.